The highest BCUT2D eigenvalue weighted by Crippen LogP contribution is 2.36. The lowest BCUT2D eigenvalue weighted by atomic mass is 9.92. The summed E-state index contributed by atoms with van der Waals surface area (Å²) in [6.07, 6.45) is 0. The number of aryl methyl sites for hydroxylation is 1. The summed E-state index contributed by atoms with van der Waals surface area (Å²) < 4.78 is 12.5. The van der Waals surface area contributed by atoms with Gasteiger partial charge in [0.1, 0.15) is 17.3 Å². The highest BCUT2D eigenvalue weighted by atomic mass is 32.1. The predicted octanol–water partition coefficient (Wildman–Crippen LogP) is 4.66. The minimum atomic E-state index is -0.287. The number of hydrogen-bond acceptors (Lipinski definition) is 7. The Bertz CT molecular complexity index is 1120. The van der Waals surface area contributed by atoms with E-state index in [1.54, 1.807) is 14.2 Å². The lowest BCUT2D eigenvalue weighted by Gasteiger charge is -2.23. The fraction of sp³-hybridized carbons (Fsp3) is 0.545. The van der Waals surface area contributed by atoms with E-state index in [2.05, 4.69) is 56.8 Å². The Morgan fingerprint density at radius 2 is 1.84 bits per heavy atom. The maximum atomic E-state index is 13.3. The first-order valence-corrected chi connectivity index (χ1v) is 10.9. The van der Waals surface area contributed by atoms with Gasteiger partial charge in [-0.3, -0.25) is 4.79 Å². The van der Waals surface area contributed by atoms with Crippen molar-refractivity contribution in [3.63, 3.8) is 0 Å². The maximum Gasteiger partial charge on any atom is 0.267 e. The molecule has 3 aromatic heterocycles. The summed E-state index contributed by atoms with van der Waals surface area (Å²) in [5.41, 5.74) is 1.29. The van der Waals surface area contributed by atoms with Crippen LogP contribution in [0.15, 0.2) is 6.07 Å². The Balaban J connectivity index is 2.05. The molecule has 0 fully saturated rings. The molecule has 0 aliphatic heterocycles. The van der Waals surface area contributed by atoms with Gasteiger partial charge in [0, 0.05) is 18.6 Å². The number of fused-ring (bicyclic) bond motifs is 1. The molecule has 31 heavy (non-hydrogen) atoms. The molecule has 0 saturated carbocycles. The van der Waals surface area contributed by atoms with Gasteiger partial charge in [0.15, 0.2) is 5.82 Å². The summed E-state index contributed by atoms with van der Waals surface area (Å²) in [6, 6.07) is 1.95. The van der Waals surface area contributed by atoms with Crippen molar-refractivity contribution >= 4 is 33.3 Å². The first kappa shape index (κ1) is 23.1. The van der Waals surface area contributed by atoms with Crippen molar-refractivity contribution in [1.29, 1.82) is 0 Å². The van der Waals surface area contributed by atoms with Gasteiger partial charge in [0.05, 0.1) is 28.6 Å². The van der Waals surface area contributed by atoms with Crippen molar-refractivity contribution in [1.82, 2.24) is 19.7 Å². The third-order valence-electron chi connectivity index (χ3n) is 4.83. The molecular weight excluding hydrogens is 414 g/mol. The summed E-state index contributed by atoms with van der Waals surface area (Å²) in [5, 5.41) is 8.58. The van der Waals surface area contributed by atoms with E-state index in [4.69, 9.17) is 14.6 Å². The molecule has 1 amide bonds. The molecule has 0 saturated heterocycles. The Morgan fingerprint density at radius 1 is 1.16 bits per heavy atom. The summed E-state index contributed by atoms with van der Waals surface area (Å²) in [4.78, 5) is 23.5. The van der Waals surface area contributed by atoms with Crippen LogP contribution in [-0.4, -0.2) is 39.9 Å². The number of methoxy groups -OCH3 is 2. The second kappa shape index (κ2) is 8.20. The number of amides is 1. The molecule has 3 aromatic rings. The second-order valence-electron chi connectivity index (χ2n) is 9.52. The van der Waals surface area contributed by atoms with Crippen LogP contribution in [0.5, 0.6) is 5.88 Å². The molecule has 8 nitrogen and oxygen atoms in total. The molecule has 0 atom stereocenters. The van der Waals surface area contributed by atoms with Gasteiger partial charge in [0.25, 0.3) is 5.91 Å². The standard InChI is InChI=1S/C22H31N5O3S/c1-12-16-19(30-9)23-14(11-29-8)24-20(16)31-17(12)18(28)25-15-10-13(21(2,3)4)26-27(15)22(5,6)7/h10H,11H2,1-9H3,(H,25,28). The molecule has 3 rings (SSSR count). The van der Waals surface area contributed by atoms with Crippen molar-refractivity contribution in [2.75, 3.05) is 19.5 Å². The first-order chi connectivity index (χ1) is 14.4. The average molecular weight is 446 g/mol. The van der Waals surface area contributed by atoms with E-state index >= 15 is 0 Å². The Hall–Kier alpha value is -2.52. The number of nitrogens with zero attached hydrogens (tertiary/aromatic N) is 4. The van der Waals surface area contributed by atoms with Gasteiger partial charge in [-0.25, -0.2) is 9.67 Å². The smallest absolute Gasteiger partial charge is 0.267 e. The molecule has 0 aliphatic rings. The zero-order valence-corrected chi connectivity index (χ0v) is 20.5. The number of thiophene rings is 1. The van der Waals surface area contributed by atoms with E-state index in [-0.39, 0.29) is 23.5 Å². The highest BCUT2D eigenvalue weighted by Gasteiger charge is 2.27. The molecule has 9 heteroatoms. The number of ether oxygens (including phenoxy) is 2. The molecule has 0 unspecified atom stereocenters. The van der Waals surface area contributed by atoms with Crippen LogP contribution in [0.4, 0.5) is 5.82 Å². The van der Waals surface area contributed by atoms with Crippen molar-refractivity contribution in [2.45, 2.75) is 66.0 Å². The number of nitrogens with one attached hydrogen (secondary N) is 1. The molecule has 0 radical (unpaired) electrons. The van der Waals surface area contributed by atoms with Crippen LogP contribution >= 0.6 is 11.3 Å². The van der Waals surface area contributed by atoms with Gasteiger partial charge in [-0.2, -0.15) is 10.1 Å². The van der Waals surface area contributed by atoms with Crippen LogP contribution < -0.4 is 10.1 Å². The van der Waals surface area contributed by atoms with Gasteiger partial charge in [-0.05, 0) is 33.3 Å². The molecule has 0 spiro atoms. The number of carbonyl (C=O) groups is 1. The summed E-state index contributed by atoms with van der Waals surface area (Å²) in [5.74, 6) is 1.42. The fourth-order valence-corrected chi connectivity index (χ4v) is 4.31. The molecule has 0 aromatic carbocycles. The third-order valence-corrected chi connectivity index (χ3v) is 6.02. The summed E-state index contributed by atoms with van der Waals surface area (Å²) in [6.45, 7) is 14.6. The van der Waals surface area contributed by atoms with Crippen molar-refractivity contribution in [2.24, 2.45) is 0 Å². The van der Waals surface area contributed by atoms with E-state index in [0.717, 1.165) is 16.6 Å². The van der Waals surface area contributed by atoms with Gasteiger partial charge < -0.3 is 14.8 Å². The molecule has 0 aliphatic carbocycles. The van der Waals surface area contributed by atoms with Crippen molar-refractivity contribution in [3.05, 3.63) is 28.0 Å². The van der Waals surface area contributed by atoms with Crippen LogP contribution in [0, 0.1) is 6.92 Å². The van der Waals surface area contributed by atoms with Gasteiger partial charge in [-0.1, -0.05) is 20.8 Å². The Labute approximate surface area is 187 Å². The molecule has 1 N–H and O–H groups in total. The minimum Gasteiger partial charge on any atom is -0.480 e. The lowest BCUT2D eigenvalue weighted by molar-refractivity contribution is 0.102. The number of anilines is 1. The molecule has 3 heterocycles. The zero-order chi connectivity index (χ0) is 23.1. The van der Waals surface area contributed by atoms with E-state index in [1.807, 2.05) is 17.7 Å². The zero-order valence-electron chi connectivity index (χ0n) is 19.7. The number of rotatable bonds is 5. The van der Waals surface area contributed by atoms with Crippen LogP contribution in [0.25, 0.3) is 10.2 Å². The molecule has 168 valence electrons. The molecule has 0 bridgehead atoms. The third kappa shape index (κ3) is 4.57. The first-order valence-electron chi connectivity index (χ1n) is 10.1. The van der Waals surface area contributed by atoms with Crippen LogP contribution in [0.2, 0.25) is 0 Å². The van der Waals surface area contributed by atoms with E-state index in [1.165, 1.54) is 11.3 Å². The highest BCUT2D eigenvalue weighted by molar-refractivity contribution is 7.20. The van der Waals surface area contributed by atoms with E-state index in [0.29, 0.717) is 27.2 Å². The van der Waals surface area contributed by atoms with Gasteiger partial charge >= 0.3 is 0 Å². The lowest BCUT2D eigenvalue weighted by Crippen LogP contribution is -2.27. The summed E-state index contributed by atoms with van der Waals surface area (Å²) in [7, 11) is 3.15. The van der Waals surface area contributed by atoms with Crippen LogP contribution in [-0.2, 0) is 22.3 Å². The SMILES string of the molecule is COCc1nc(OC)c2c(C)c(C(=O)Nc3cc(C(C)(C)C)nn3C(C)(C)C)sc2n1. The van der Waals surface area contributed by atoms with Gasteiger partial charge in [-0.15, -0.1) is 11.3 Å². The van der Waals surface area contributed by atoms with Crippen molar-refractivity contribution < 1.29 is 14.3 Å². The topological polar surface area (TPSA) is 91.2 Å². The largest absolute Gasteiger partial charge is 0.480 e. The Morgan fingerprint density at radius 3 is 2.39 bits per heavy atom. The molecular formula is C22H31N5O3S. The van der Waals surface area contributed by atoms with Crippen LogP contribution in [0.1, 0.15) is 68.3 Å². The van der Waals surface area contributed by atoms with E-state index < -0.39 is 0 Å². The predicted molar refractivity (Wildman–Crippen MR) is 123 cm³/mol. The average Bonchev–Trinajstić information content (AvgIpc) is 3.23. The monoisotopic (exact) mass is 445 g/mol. The minimum absolute atomic E-state index is 0.135. The summed E-state index contributed by atoms with van der Waals surface area (Å²) >= 11 is 1.32. The number of aromatic nitrogens is 4. The fourth-order valence-electron chi connectivity index (χ4n) is 3.22. The van der Waals surface area contributed by atoms with Gasteiger partial charge in [0.2, 0.25) is 5.88 Å². The number of carbonyl (C=O) groups excluding carboxylic acids is 1. The maximum absolute atomic E-state index is 13.3. The van der Waals surface area contributed by atoms with Crippen molar-refractivity contribution in [3.8, 4) is 5.88 Å². The second-order valence-corrected chi connectivity index (χ2v) is 10.5. The quantitative estimate of drug-likeness (QED) is 0.614. The van der Waals surface area contributed by atoms with E-state index in [9.17, 15) is 4.79 Å². The Kier molecular flexibility index (Phi) is 6.12. The number of hydrogen-bond donors (Lipinski definition) is 1. The van der Waals surface area contributed by atoms with Crippen LogP contribution in [0.3, 0.4) is 0 Å². The normalized spacial score (nSPS) is 12.4.